The minimum absolute atomic E-state index is 0.272. The Labute approximate surface area is 183 Å². The number of carbonyl (C=O) groups is 1. The lowest BCUT2D eigenvalue weighted by Gasteiger charge is -2.31. The Morgan fingerprint density at radius 2 is 1.65 bits per heavy atom. The molecule has 0 unspecified atom stereocenters. The van der Waals surface area contributed by atoms with E-state index in [2.05, 4.69) is 5.32 Å². The molecule has 1 aliphatic heterocycles. The van der Waals surface area contributed by atoms with Crippen molar-refractivity contribution in [1.82, 2.24) is 5.32 Å². The van der Waals surface area contributed by atoms with Crippen LogP contribution in [-0.4, -0.2) is 35.6 Å². The minimum atomic E-state index is -4.05. The first-order valence-corrected chi connectivity index (χ1v) is 11.3. The second-order valence-corrected chi connectivity index (χ2v) is 9.61. The van der Waals surface area contributed by atoms with E-state index in [0.717, 1.165) is 21.0 Å². The molecule has 166 valence electrons. The van der Waals surface area contributed by atoms with Crippen LogP contribution in [-0.2, 0) is 14.8 Å². The highest BCUT2D eigenvalue weighted by molar-refractivity contribution is 7.97. The summed E-state index contributed by atoms with van der Waals surface area (Å²) in [6, 6.07) is 8.88. The van der Waals surface area contributed by atoms with Crippen LogP contribution in [0.5, 0.6) is 11.5 Å². The van der Waals surface area contributed by atoms with Crippen molar-refractivity contribution in [2.45, 2.75) is 33.7 Å². The smallest absolute Gasteiger partial charge is 0.269 e. The minimum Gasteiger partial charge on any atom is -0.493 e. The zero-order chi connectivity index (χ0) is 23.1. The van der Waals surface area contributed by atoms with E-state index in [-0.39, 0.29) is 10.9 Å². The number of nitrogens with one attached hydrogen (secondary N) is 1. The highest BCUT2D eigenvalue weighted by Gasteiger charge is 2.38. The average Bonchev–Trinajstić information content (AvgIpc) is 2.70. The Balaban J connectivity index is 2.07. The van der Waals surface area contributed by atoms with E-state index in [1.54, 1.807) is 19.1 Å². The second-order valence-electron chi connectivity index (χ2n) is 7.71. The fourth-order valence-corrected chi connectivity index (χ4v) is 5.42. The molecule has 0 aromatic heterocycles. The summed E-state index contributed by atoms with van der Waals surface area (Å²) in [6.07, 6.45) is 0. The molecular weight excluding hydrogens is 416 g/mol. The van der Waals surface area contributed by atoms with Gasteiger partial charge in [-0.3, -0.25) is 9.10 Å². The maximum atomic E-state index is 13.2. The molecule has 7 nitrogen and oxygen atoms in total. The maximum Gasteiger partial charge on any atom is 0.269 e. The molecule has 1 N–H and O–H groups in total. The van der Waals surface area contributed by atoms with Gasteiger partial charge in [-0.05, 0) is 50.5 Å². The Kier molecular flexibility index (Phi) is 6.04. The molecule has 0 bridgehead atoms. The number of anilines is 1. The van der Waals surface area contributed by atoms with Crippen LogP contribution in [0.1, 0.15) is 42.1 Å². The van der Waals surface area contributed by atoms with E-state index < -0.39 is 15.9 Å². The van der Waals surface area contributed by atoms with Crippen LogP contribution >= 0.6 is 0 Å². The van der Waals surface area contributed by atoms with Gasteiger partial charge >= 0.3 is 0 Å². The fraction of sp³-hybridized carbons (Fsp3) is 0.348. The normalized spacial score (nSPS) is 15.9. The van der Waals surface area contributed by atoms with Crippen molar-refractivity contribution < 1.29 is 22.7 Å². The van der Waals surface area contributed by atoms with Crippen LogP contribution < -0.4 is 19.1 Å². The number of nitrogens with zero attached hydrogens (tertiary/aromatic N) is 1. The van der Waals surface area contributed by atoms with Crippen molar-refractivity contribution in [2.24, 2.45) is 0 Å². The summed E-state index contributed by atoms with van der Waals surface area (Å²) in [5.74, 6) is 0.224. The highest BCUT2D eigenvalue weighted by atomic mass is 32.2. The zero-order valence-electron chi connectivity index (χ0n) is 18.9. The van der Waals surface area contributed by atoms with Crippen LogP contribution in [0.3, 0.4) is 0 Å². The summed E-state index contributed by atoms with van der Waals surface area (Å²) in [7, 11) is 0.365. The lowest BCUT2D eigenvalue weighted by atomic mass is 10.00. The molecule has 0 saturated heterocycles. The molecular formula is C23H28N2O5S. The number of amides is 1. The van der Waals surface area contributed by atoms with Gasteiger partial charge in [0.05, 0.1) is 25.9 Å². The quantitative estimate of drug-likeness (QED) is 0.760. The van der Waals surface area contributed by atoms with Gasteiger partial charge in [0.15, 0.2) is 16.4 Å². The highest BCUT2D eigenvalue weighted by Crippen LogP contribution is 2.44. The predicted molar refractivity (Wildman–Crippen MR) is 122 cm³/mol. The molecule has 1 aliphatic rings. The molecule has 1 heterocycles. The number of methoxy groups -OCH3 is 2. The molecule has 0 saturated carbocycles. The number of sulfonamides is 1. The summed E-state index contributed by atoms with van der Waals surface area (Å²) in [4.78, 5) is 12.9. The van der Waals surface area contributed by atoms with Crippen molar-refractivity contribution in [3.05, 3.63) is 57.5 Å². The second kappa shape index (κ2) is 8.26. The molecule has 0 fully saturated rings. The number of allylic oxidation sites excluding steroid dienone is 1. The van der Waals surface area contributed by atoms with Crippen LogP contribution in [0.15, 0.2) is 35.2 Å². The van der Waals surface area contributed by atoms with Gasteiger partial charge in [-0.2, -0.15) is 0 Å². The van der Waals surface area contributed by atoms with E-state index >= 15 is 0 Å². The van der Waals surface area contributed by atoms with Crippen molar-refractivity contribution >= 4 is 27.2 Å². The van der Waals surface area contributed by atoms with E-state index in [4.69, 9.17) is 9.47 Å². The largest absolute Gasteiger partial charge is 0.493 e. The predicted octanol–water partition coefficient (Wildman–Crippen LogP) is 3.71. The van der Waals surface area contributed by atoms with Gasteiger partial charge in [0.1, 0.15) is 0 Å². The number of carbonyl (C=O) groups excluding carboxylic acids is 1. The van der Waals surface area contributed by atoms with Gasteiger partial charge in [-0.15, -0.1) is 0 Å². The van der Waals surface area contributed by atoms with E-state index in [1.165, 1.54) is 21.3 Å². The van der Waals surface area contributed by atoms with Gasteiger partial charge < -0.3 is 14.8 Å². The third-order valence-corrected chi connectivity index (χ3v) is 7.58. The summed E-state index contributed by atoms with van der Waals surface area (Å²) in [5.41, 5.74) is 4.47. The number of rotatable bonds is 5. The summed E-state index contributed by atoms with van der Waals surface area (Å²) >= 11 is 0. The topological polar surface area (TPSA) is 84.9 Å². The summed E-state index contributed by atoms with van der Waals surface area (Å²) in [5, 5.41) is 2.86. The average molecular weight is 445 g/mol. The first-order chi connectivity index (χ1) is 14.5. The molecule has 2 aromatic carbocycles. The fourth-order valence-electron chi connectivity index (χ4n) is 3.95. The summed E-state index contributed by atoms with van der Waals surface area (Å²) < 4.78 is 38.3. The first-order valence-electron chi connectivity index (χ1n) is 9.87. The van der Waals surface area contributed by atoms with Crippen LogP contribution in [0.4, 0.5) is 5.69 Å². The number of hydrogen-bond donors (Lipinski definition) is 1. The number of ether oxygens (including phenoxy) is 2. The molecule has 1 amide bonds. The number of fused-ring (bicyclic) bond motifs is 1. The van der Waals surface area contributed by atoms with E-state index in [9.17, 15) is 13.2 Å². The maximum absolute atomic E-state index is 13.2. The van der Waals surface area contributed by atoms with Gasteiger partial charge in [-0.25, -0.2) is 8.42 Å². The van der Waals surface area contributed by atoms with E-state index in [1.807, 2.05) is 39.0 Å². The molecule has 0 radical (unpaired) electrons. The van der Waals surface area contributed by atoms with Gasteiger partial charge in [0.25, 0.3) is 15.9 Å². The number of hydrogen-bond acceptors (Lipinski definition) is 5. The number of aryl methyl sites for hydroxylation is 2. The van der Waals surface area contributed by atoms with Crippen molar-refractivity contribution in [3.63, 3.8) is 0 Å². The SMILES string of the molecule is COc1cc2c(cc1OC)N(C)S(=O)(=O)C(C(=O)N[C@H](C)c1ccc(C)cc1C)=C2C. The Hall–Kier alpha value is -3.00. The first kappa shape index (κ1) is 22.7. The molecule has 1 atom stereocenters. The summed E-state index contributed by atoms with van der Waals surface area (Å²) in [6.45, 7) is 7.44. The van der Waals surface area contributed by atoms with Crippen LogP contribution in [0, 0.1) is 13.8 Å². The number of benzene rings is 2. The third kappa shape index (κ3) is 3.87. The molecule has 0 spiro atoms. The molecule has 3 rings (SSSR count). The van der Waals surface area contributed by atoms with Crippen LogP contribution in [0.2, 0.25) is 0 Å². The third-order valence-electron chi connectivity index (χ3n) is 5.65. The lowest BCUT2D eigenvalue weighted by molar-refractivity contribution is -0.117. The van der Waals surface area contributed by atoms with Crippen LogP contribution in [0.25, 0.3) is 5.57 Å². The standard InChI is InChI=1S/C23H28N2O5S/c1-13-8-9-17(14(2)10-13)16(4)24-23(26)22-15(3)18-11-20(29-6)21(30-7)12-19(18)25(5)31(22,27)28/h8-12,16H,1-7H3,(H,24,26)/t16-/m1/s1. The van der Waals surface area contributed by atoms with Crippen molar-refractivity contribution in [1.29, 1.82) is 0 Å². The van der Waals surface area contributed by atoms with E-state index in [0.29, 0.717) is 28.3 Å². The van der Waals surface area contributed by atoms with Crippen molar-refractivity contribution in [3.8, 4) is 11.5 Å². The molecule has 8 heteroatoms. The Bertz CT molecular complexity index is 1180. The lowest BCUT2D eigenvalue weighted by Crippen LogP contribution is -2.39. The van der Waals surface area contributed by atoms with Gasteiger partial charge in [0, 0.05) is 18.7 Å². The molecule has 0 aliphatic carbocycles. The Morgan fingerprint density at radius 1 is 1.03 bits per heavy atom. The molecule has 2 aromatic rings. The van der Waals surface area contributed by atoms with Gasteiger partial charge in [0.2, 0.25) is 0 Å². The molecule has 31 heavy (non-hydrogen) atoms. The monoisotopic (exact) mass is 444 g/mol. The zero-order valence-corrected chi connectivity index (χ0v) is 19.7. The Morgan fingerprint density at radius 3 is 2.23 bits per heavy atom. The van der Waals surface area contributed by atoms with Gasteiger partial charge in [-0.1, -0.05) is 23.8 Å². The van der Waals surface area contributed by atoms with Crippen molar-refractivity contribution in [2.75, 3.05) is 25.6 Å².